The lowest BCUT2D eigenvalue weighted by Crippen LogP contribution is -2.40. The smallest absolute Gasteiger partial charge is 0.241 e. The molecule has 0 aromatic heterocycles. The Hall–Kier alpha value is -1.75. The number of benzene rings is 1. The lowest BCUT2D eigenvalue weighted by atomic mass is 9.99. The van der Waals surface area contributed by atoms with E-state index < -0.39 is 6.04 Å². The van der Waals surface area contributed by atoms with E-state index in [0.717, 1.165) is 6.42 Å². The van der Waals surface area contributed by atoms with E-state index in [0.29, 0.717) is 23.8 Å². The highest BCUT2D eigenvalue weighted by Crippen LogP contribution is 2.30. The van der Waals surface area contributed by atoms with Crippen LogP contribution in [0, 0.1) is 5.92 Å². The topological polar surface area (TPSA) is 73.6 Å². The van der Waals surface area contributed by atoms with Crippen molar-refractivity contribution in [1.29, 1.82) is 0 Å². The van der Waals surface area contributed by atoms with Crippen LogP contribution in [0.5, 0.6) is 11.5 Å². The van der Waals surface area contributed by atoms with Gasteiger partial charge in [0.2, 0.25) is 5.91 Å². The molecule has 5 nitrogen and oxygen atoms in total. The number of hydrogen-bond acceptors (Lipinski definition) is 4. The summed E-state index contributed by atoms with van der Waals surface area (Å²) in [4.78, 5) is 12.0. The number of nitrogens with two attached hydrogens (primary N) is 1. The van der Waals surface area contributed by atoms with Crippen molar-refractivity contribution in [3.63, 3.8) is 0 Å². The van der Waals surface area contributed by atoms with Crippen LogP contribution in [0.4, 0.5) is 5.69 Å². The van der Waals surface area contributed by atoms with Crippen molar-refractivity contribution in [2.24, 2.45) is 11.7 Å². The first kappa shape index (κ1) is 16.3. The van der Waals surface area contributed by atoms with Gasteiger partial charge in [0.05, 0.1) is 19.8 Å². The lowest BCUT2D eigenvalue weighted by Gasteiger charge is -2.18. The molecule has 1 rings (SSSR count). The van der Waals surface area contributed by atoms with E-state index in [9.17, 15) is 4.79 Å². The predicted molar refractivity (Wildman–Crippen MR) is 80.2 cm³/mol. The van der Waals surface area contributed by atoms with Gasteiger partial charge in [-0.1, -0.05) is 20.3 Å². The van der Waals surface area contributed by atoms with Gasteiger partial charge in [-0.25, -0.2) is 0 Å². The van der Waals surface area contributed by atoms with Crippen LogP contribution in [0.15, 0.2) is 18.2 Å². The summed E-state index contributed by atoms with van der Waals surface area (Å²) in [6, 6.07) is 4.76. The van der Waals surface area contributed by atoms with E-state index in [4.69, 9.17) is 15.2 Å². The summed E-state index contributed by atoms with van der Waals surface area (Å²) in [6.45, 7) is 6.43. The van der Waals surface area contributed by atoms with E-state index in [1.807, 2.05) is 20.8 Å². The maximum atomic E-state index is 12.0. The van der Waals surface area contributed by atoms with E-state index in [-0.39, 0.29) is 11.8 Å². The summed E-state index contributed by atoms with van der Waals surface area (Å²) < 4.78 is 10.7. The molecule has 112 valence electrons. The van der Waals surface area contributed by atoms with Gasteiger partial charge >= 0.3 is 0 Å². The number of methoxy groups -OCH3 is 1. The van der Waals surface area contributed by atoms with Crippen LogP contribution in [0.3, 0.4) is 0 Å². The highest BCUT2D eigenvalue weighted by molar-refractivity contribution is 5.95. The number of carbonyl (C=O) groups is 1. The minimum absolute atomic E-state index is 0.139. The molecule has 0 saturated heterocycles. The number of carbonyl (C=O) groups excluding carboxylic acids is 1. The van der Waals surface area contributed by atoms with Gasteiger partial charge in [-0.05, 0) is 25.0 Å². The number of hydrogen-bond donors (Lipinski definition) is 2. The molecule has 1 aromatic carbocycles. The summed E-state index contributed by atoms with van der Waals surface area (Å²) >= 11 is 0. The zero-order valence-corrected chi connectivity index (χ0v) is 12.6. The van der Waals surface area contributed by atoms with Crippen molar-refractivity contribution in [3.8, 4) is 11.5 Å². The Morgan fingerprint density at radius 2 is 2.05 bits per heavy atom. The van der Waals surface area contributed by atoms with Crippen LogP contribution < -0.4 is 20.5 Å². The van der Waals surface area contributed by atoms with Crippen LogP contribution >= 0.6 is 0 Å². The number of ether oxygens (including phenoxy) is 2. The van der Waals surface area contributed by atoms with Crippen LogP contribution in [-0.4, -0.2) is 25.7 Å². The largest absolute Gasteiger partial charge is 0.493 e. The average molecular weight is 280 g/mol. The normalized spacial score (nSPS) is 13.4. The molecule has 1 amide bonds. The van der Waals surface area contributed by atoms with Gasteiger partial charge in [0, 0.05) is 11.8 Å². The molecular weight excluding hydrogens is 256 g/mol. The van der Waals surface area contributed by atoms with Gasteiger partial charge in [0.1, 0.15) is 0 Å². The maximum absolute atomic E-state index is 12.0. The first-order valence-corrected chi connectivity index (χ1v) is 6.90. The third-order valence-electron chi connectivity index (χ3n) is 3.29. The van der Waals surface area contributed by atoms with Crippen molar-refractivity contribution in [2.75, 3.05) is 19.0 Å². The second-order valence-electron chi connectivity index (χ2n) is 4.70. The molecule has 5 heteroatoms. The summed E-state index contributed by atoms with van der Waals surface area (Å²) in [5.41, 5.74) is 6.55. The van der Waals surface area contributed by atoms with Crippen LogP contribution in [0.25, 0.3) is 0 Å². The van der Waals surface area contributed by atoms with Crippen LogP contribution in [-0.2, 0) is 4.79 Å². The van der Waals surface area contributed by atoms with E-state index >= 15 is 0 Å². The summed E-state index contributed by atoms with van der Waals surface area (Å²) in [6.07, 6.45) is 0.862. The molecule has 0 saturated carbocycles. The number of rotatable bonds is 7. The third kappa shape index (κ3) is 4.13. The van der Waals surface area contributed by atoms with Gasteiger partial charge in [-0.2, -0.15) is 0 Å². The van der Waals surface area contributed by atoms with Gasteiger partial charge < -0.3 is 20.5 Å². The van der Waals surface area contributed by atoms with E-state index in [1.165, 1.54) is 0 Å². The predicted octanol–water partition coefficient (Wildman–Crippen LogP) is 2.41. The fraction of sp³-hybridized carbons (Fsp3) is 0.533. The molecule has 3 N–H and O–H groups in total. The molecule has 0 radical (unpaired) electrons. The Kier molecular flexibility index (Phi) is 6.31. The van der Waals surface area contributed by atoms with Crippen molar-refractivity contribution in [2.45, 2.75) is 33.2 Å². The maximum Gasteiger partial charge on any atom is 0.241 e. The Morgan fingerprint density at radius 1 is 1.35 bits per heavy atom. The van der Waals surface area contributed by atoms with Gasteiger partial charge in [-0.15, -0.1) is 0 Å². The second-order valence-corrected chi connectivity index (χ2v) is 4.70. The molecule has 0 heterocycles. The standard InChI is InChI=1S/C15H24N2O3/c1-5-10(3)14(16)15(18)17-11-7-8-12(20-6-2)13(9-11)19-4/h7-10,14H,5-6,16H2,1-4H3,(H,17,18)/t10-,14-/m0/s1. The molecule has 0 aliphatic carbocycles. The Labute approximate surface area is 120 Å². The first-order chi connectivity index (χ1) is 9.53. The molecule has 0 unspecified atom stereocenters. The molecule has 0 spiro atoms. The minimum atomic E-state index is -0.516. The molecule has 0 bridgehead atoms. The highest BCUT2D eigenvalue weighted by Gasteiger charge is 2.19. The quantitative estimate of drug-likeness (QED) is 0.804. The van der Waals surface area contributed by atoms with Crippen molar-refractivity contribution in [1.82, 2.24) is 0 Å². The molecule has 2 atom stereocenters. The van der Waals surface area contributed by atoms with E-state index in [2.05, 4.69) is 5.32 Å². The average Bonchev–Trinajstić information content (AvgIpc) is 2.47. The molecule has 20 heavy (non-hydrogen) atoms. The molecule has 0 aliphatic rings. The molecular formula is C15H24N2O3. The van der Waals surface area contributed by atoms with Crippen LogP contribution in [0.1, 0.15) is 27.2 Å². The molecule has 0 aliphatic heterocycles. The van der Waals surface area contributed by atoms with Crippen molar-refractivity contribution in [3.05, 3.63) is 18.2 Å². The monoisotopic (exact) mass is 280 g/mol. The van der Waals surface area contributed by atoms with Gasteiger partial charge in [0.15, 0.2) is 11.5 Å². The number of nitrogens with one attached hydrogen (secondary N) is 1. The SMILES string of the molecule is CCOc1ccc(NC(=O)[C@@H](N)[C@@H](C)CC)cc1OC. The van der Waals surface area contributed by atoms with Crippen molar-refractivity contribution < 1.29 is 14.3 Å². The van der Waals surface area contributed by atoms with E-state index in [1.54, 1.807) is 25.3 Å². The van der Waals surface area contributed by atoms with Gasteiger partial charge in [-0.3, -0.25) is 4.79 Å². The lowest BCUT2D eigenvalue weighted by molar-refractivity contribution is -0.118. The number of amides is 1. The Balaban J connectivity index is 2.80. The zero-order chi connectivity index (χ0) is 15.1. The minimum Gasteiger partial charge on any atom is -0.493 e. The van der Waals surface area contributed by atoms with Gasteiger partial charge in [0.25, 0.3) is 0 Å². The molecule has 1 aromatic rings. The number of anilines is 1. The van der Waals surface area contributed by atoms with Crippen LogP contribution in [0.2, 0.25) is 0 Å². The zero-order valence-electron chi connectivity index (χ0n) is 12.6. The molecule has 0 fully saturated rings. The summed E-state index contributed by atoms with van der Waals surface area (Å²) in [5.74, 6) is 1.19. The highest BCUT2D eigenvalue weighted by atomic mass is 16.5. The second kappa shape index (κ2) is 7.75. The fourth-order valence-electron chi connectivity index (χ4n) is 1.76. The Bertz CT molecular complexity index is 449. The van der Waals surface area contributed by atoms with Crippen molar-refractivity contribution >= 4 is 11.6 Å². The first-order valence-electron chi connectivity index (χ1n) is 6.90. The third-order valence-corrected chi connectivity index (χ3v) is 3.29. The summed E-state index contributed by atoms with van der Waals surface area (Å²) in [7, 11) is 1.56. The Morgan fingerprint density at radius 3 is 2.60 bits per heavy atom. The fourth-order valence-corrected chi connectivity index (χ4v) is 1.76. The summed E-state index contributed by atoms with van der Waals surface area (Å²) in [5, 5.41) is 2.80.